The molecule has 0 bridgehead atoms. The highest BCUT2D eigenvalue weighted by atomic mass is 16.2. The fraction of sp³-hybridized carbons (Fsp3) is 0.778. The van der Waals surface area contributed by atoms with Gasteiger partial charge in [-0.2, -0.15) is 0 Å². The van der Waals surface area contributed by atoms with Crippen molar-refractivity contribution >= 4 is 12.3 Å². The number of hydrogen-bond acceptors (Lipinski definition) is 2. The van der Waals surface area contributed by atoms with Crippen LogP contribution < -0.4 is 10.6 Å². The molecule has 76 valence electrons. The topological polar surface area (TPSA) is 58.2 Å². The molecule has 0 spiro atoms. The SMILES string of the molecule is CCC(C)C(C)NC(=O)CNC=O. The van der Waals surface area contributed by atoms with Crippen LogP contribution in [0.4, 0.5) is 0 Å². The molecule has 4 heteroatoms. The van der Waals surface area contributed by atoms with Gasteiger partial charge in [0.15, 0.2) is 0 Å². The van der Waals surface area contributed by atoms with E-state index in [1.807, 2.05) is 6.92 Å². The monoisotopic (exact) mass is 186 g/mol. The van der Waals surface area contributed by atoms with Crippen LogP contribution in [0.3, 0.4) is 0 Å². The van der Waals surface area contributed by atoms with E-state index in [0.29, 0.717) is 12.3 Å². The average molecular weight is 186 g/mol. The van der Waals surface area contributed by atoms with Gasteiger partial charge in [0.2, 0.25) is 12.3 Å². The lowest BCUT2D eigenvalue weighted by molar-refractivity contribution is -0.122. The summed E-state index contributed by atoms with van der Waals surface area (Å²) in [5.41, 5.74) is 0. The highest BCUT2D eigenvalue weighted by Crippen LogP contribution is 2.05. The lowest BCUT2D eigenvalue weighted by Crippen LogP contribution is -2.41. The number of amides is 2. The molecule has 0 aromatic rings. The van der Waals surface area contributed by atoms with Crippen LogP contribution in [0, 0.1) is 5.92 Å². The minimum absolute atomic E-state index is 0.0598. The summed E-state index contributed by atoms with van der Waals surface area (Å²) < 4.78 is 0. The van der Waals surface area contributed by atoms with Gasteiger partial charge in [0.25, 0.3) is 0 Å². The smallest absolute Gasteiger partial charge is 0.239 e. The fourth-order valence-electron chi connectivity index (χ4n) is 0.935. The molecule has 0 aliphatic carbocycles. The van der Waals surface area contributed by atoms with Gasteiger partial charge in [-0.3, -0.25) is 9.59 Å². The highest BCUT2D eigenvalue weighted by Gasteiger charge is 2.12. The summed E-state index contributed by atoms with van der Waals surface area (Å²) >= 11 is 0. The van der Waals surface area contributed by atoms with E-state index in [2.05, 4.69) is 24.5 Å². The zero-order valence-electron chi connectivity index (χ0n) is 8.46. The molecule has 0 saturated carbocycles. The van der Waals surface area contributed by atoms with Crippen LogP contribution in [0.15, 0.2) is 0 Å². The molecule has 2 unspecified atom stereocenters. The molecular formula is C9H18N2O2. The zero-order valence-corrected chi connectivity index (χ0v) is 8.46. The first-order valence-electron chi connectivity index (χ1n) is 4.58. The Kier molecular flexibility index (Phi) is 5.93. The Bertz CT molecular complexity index is 171. The maximum absolute atomic E-state index is 11.1. The largest absolute Gasteiger partial charge is 0.352 e. The van der Waals surface area contributed by atoms with Crippen molar-refractivity contribution in [2.24, 2.45) is 5.92 Å². The molecule has 0 radical (unpaired) electrons. The van der Waals surface area contributed by atoms with Gasteiger partial charge in [0.1, 0.15) is 0 Å². The average Bonchev–Trinajstić information content (AvgIpc) is 2.13. The zero-order chi connectivity index (χ0) is 10.3. The van der Waals surface area contributed by atoms with Gasteiger partial charge in [0.05, 0.1) is 6.54 Å². The van der Waals surface area contributed by atoms with Crippen LogP contribution >= 0.6 is 0 Å². The summed E-state index contributed by atoms with van der Waals surface area (Å²) in [5, 5.41) is 5.12. The molecule has 2 amide bonds. The molecule has 2 N–H and O–H groups in total. The molecule has 0 rings (SSSR count). The van der Waals surface area contributed by atoms with E-state index in [1.165, 1.54) is 0 Å². The molecule has 0 aromatic carbocycles. The van der Waals surface area contributed by atoms with Crippen LogP contribution in [-0.4, -0.2) is 24.9 Å². The quantitative estimate of drug-likeness (QED) is 0.585. The van der Waals surface area contributed by atoms with Gasteiger partial charge in [-0.1, -0.05) is 20.3 Å². The Balaban J connectivity index is 3.70. The number of nitrogens with one attached hydrogen (secondary N) is 2. The van der Waals surface area contributed by atoms with Gasteiger partial charge < -0.3 is 10.6 Å². The predicted octanol–water partition coefficient (Wildman–Crippen LogP) is 0.283. The number of hydrogen-bond donors (Lipinski definition) is 2. The van der Waals surface area contributed by atoms with Crippen LogP contribution in [-0.2, 0) is 9.59 Å². The van der Waals surface area contributed by atoms with Crippen molar-refractivity contribution in [1.82, 2.24) is 10.6 Å². The minimum atomic E-state index is -0.139. The molecule has 0 heterocycles. The molecule has 0 aromatic heterocycles. The Labute approximate surface area is 79.1 Å². The first-order chi connectivity index (χ1) is 6.11. The molecule has 0 saturated heterocycles. The predicted molar refractivity (Wildman–Crippen MR) is 51.1 cm³/mol. The molecule has 0 aliphatic heterocycles. The third-order valence-electron chi connectivity index (χ3n) is 2.23. The second-order valence-corrected chi connectivity index (χ2v) is 3.24. The van der Waals surface area contributed by atoms with E-state index in [0.717, 1.165) is 6.42 Å². The third kappa shape index (κ3) is 5.22. The van der Waals surface area contributed by atoms with Gasteiger partial charge >= 0.3 is 0 Å². The normalized spacial score (nSPS) is 14.4. The van der Waals surface area contributed by atoms with E-state index < -0.39 is 0 Å². The van der Waals surface area contributed by atoms with Crippen molar-refractivity contribution in [3.05, 3.63) is 0 Å². The van der Waals surface area contributed by atoms with E-state index in [1.54, 1.807) is 0 Å². The first kappa shape index (κ1) is 11.9. The highest BCUT2D eigenvalue weighted by molar-refractivity contribution is 5.80. The molecule has 4 nitrogen and oxygen atoms in total. The van der Waals surface area contributed by atoms with Crippen molar-refractivity contribution in [2.45, 2.75) is 33.2 Å². The van der Waals surface area contributed by atoms with E-state index >= 15 is 0 Å². The lowest BCUT2D eigenvalue weighted by Gasteiger charge is -2.19. The van der Waals surface area contributed by atoms with Crippen LogP contribution in [0.25, 0.3) is 0 Å². The van der Waals surface area contributed by atoms with Crippen LogP contribution in [0.5, 0.6) is 0 Å². The number of rotatable bonds is 6. The van der Waals surface area contributed by atoms with Gasteiger partial charge in [-0.15, -0.1) is 0 Å². The molecule has 0 aliphatic rings. The van der Waals surface area contributed by atoms with Gasteiger partial charge in [-0.25, -0.2) is 0 Å². The molecular weight excluding hydrogens is 168 g/mol. The number of carbonyl (C=O) groups excluding carboxylic acids is 2. The van der Waals surface area contributed by atoms with Crippen molar-refractivity contribution in [3.8, 4) is 0 Å². The summed E-state index contributed by atoms with van der Waals surface area (Å²) in [7, 11) is 0. The van der Waals surface area contributed by atoms with E-state index in [-0.39, 0.29) is 18.5 Å². The second kappa shape index (κ2) is 6.46. The lowest BCUT2D eigenvalue weighted by atomic mass is 10.0. The van der Waals surface area contributed by atoms with Crippen molar-refractivity contribution in [2.75, 3.05) is 6.54 Å². The maximum Gasteiger partial charge on any atom is 0.239 e. The minimum Gasteiger partial charge on any atom is -0.352 e. The Morgan fingerprint density at radius 1 is 1.46 bits per heavy atom. The standard InChI is InChI=1S/C9H18N2O2/c1-4-7(2)8(3)11-9(13)5-10-6-12/h6-8H,4-5H2,1-3H3,(H,10,12)(H,11,13). The van der Waals surface area contributed by atoms with Crippen molar-refractivity contribution in [3.63, 3.8) is 0 Å². The first-order valence-corrected chi connectivity index (χ1v) is 4.58. The van der Waals surface area contributed by atoms with E-state index in [9.17, 15) is 9.59 Å². The van der Waals surface area contributed by atoms with Gasteiger partial charge in [-0.05, 0) is 12.8 Å². The Morgan fingerprint density at radius 2 is 2.08 bits per heavy atom. The van der Waals surface area contributed by atoms with Crippen LogP contribution in [0.2, 0.25) is 0 Å². The molecule has 2 atom stereocenters. The Morgan fingerprint density at radius 3 is 2.54 bits per heavy atom. The summed E-state index contributed by atoms with van der Waals surface area (Å²) in [6.07, 6.45) is 1.55. The Hall–Kier alpha value is -1.06. The molecule has 13 heavy (non-hydrogen) atoms. The fourth-order valence-corrected chi connectivity index (χ4v) is 0.935. The second-order valence-electron chi connectivity index (χ2n) is 3.24. The number of carbonyl (C=O) groups is 2. The van der Waals surface area contributed by atoms with Crippen molar-refractivity contribution in [1.29, 1.82) is 0 Å². The molecule has 0 fully saturated rings. The summed E-state index contributed by atoms with van der Waals surface area (Å²) in [6.45, 7) is 6.19. The van der Waals surface area contributed by atoms with Gasteiger partial charge in [0, 0.05) is 6.04 Å². The maximum atomic E-state index is 11.1. The van der Waals surface area contributed by atoms with Crippen LogP contribution in [0.1, 0.15) is 27.2 Å². The van der Waals surface area contributed by atoms with E-state index in [4.69, 9.17) is 0 Å². The van der Waals surface area contributed by atoms with Crippen molar-refractivity contribution < 1.29 is 9.59 Å². The third-order valence-corrected chi connectivity index (χ3v) is 2.23. The summed E-state index contributed by atoms with van der Waals surface area (Å²) in [6, 6.07) is 0.158. The summed E-state index contributed by atoms with van der Waals surface area (Å²) in [5.74, 6) is 0.320. The summed E-state index contributed by atoms with van der Waals surface area (Å²) in [4.78, 5) is 21.0.